The van der Waals surface area contributed by atoms with Gasteiger partial charge in [-0.1, -0.05) is 49.4 Å². The second-order valence-electron chi connectivity index (χ2n) is 8.79. The van der Waals surface area contributed by atoms with E-state index in [0.29, 0.717) is 34.7 Å². The zero-order valence-electron chi connectivity index (χ0n) is 20.3. The number of ether oxygens (including phenoxy) is 1. The summed E-state index contributed by atoms with van der Waals surface area (Å²) in [5.74, 6) is -0.600. The first-order valence-corrected chi connectivity index (χ1v) is 11.8. The first-order valence-electron chi connectivity index (χ1n) is 11.8. The van der Waals surface area contributed by atoms with E-state index in [0.717, 1.165) is 5.56 Å². The second kappa shape index (κ2) is 10.8. The van der Waals surface area contributed by atoms with Crippen LogP contribution in [0.1, 0.15) is 34.8 Å². The van der Waals surface area contributed by atoms with Crippen LogP contribution < -0.4 is 15.0 Å². The van der Waals surface area contributed by atoms with E-state index >= 15 is 0 Å². The lowest BCUT2D eigenvalue weighted by Crippen LogP contribution is -2.44. The van der Waals surface area contributed by atoms with Gasteiger partial charge in [-0.25, -0.2) is 0 Å². The quantitative estimate of drug-likeness (QED) is 0.393. The number of hydrogen-bond donors (Lipinski definition) is 3. The Bertz CT molecular complexity index is 1260. The van der Waals surface area contributed by atoms with Crippen molar-refractivity contribution in [2.45, 2.75) is 25.5 Å². The van der Waals surface area contributed by atoms with E-state index in [1.54, 1.807) is 66.4 Å². The van der Waals surface area contributed by atoms with Gasteiger partial charge in [0.15, 0.2) is 5.60 Å². The third kappa shape index (κ3) is 4.89. The molecule has 1 aliphatic rings. The van der Waals surface area contributed by atoms with Crippen LogP contribution in [0.15, 0.2) is 84.9 Å². The number of amides is 2. The normalized spacial score (nSPS) is 17.8. The molecule has 2 amide bonds. The topological polar surface area (TPSA) is 99.1 Å². The molecule has 186 valence electrons. The molecule has 0 saturated carbocycles. The largest absolute Gasteiger partial charge is 0.497 e. The van der Waals surface area contributed by atoms with E-state index in [-0.39, 0.29) is 19.1 Å². The third-order valence-corrected chi connectivity index (χ3v) is 6.44. The monoisotopic (exact) mass is 486 g/mol. The van der Waals surface area contributed by atoms with Gasteiger partial charge in [-0.3, -0.25) is 9.59 Å². The van der Waals surface area contributed by atoms with Crippen LogP contribution >= 0.6 is 0 Å². The first-order chi connectivity index (χ1) is 17.4. The van der Waals surface area contributed by atoms with E-state index in [1.165, 1.54) is 7.11 Å². The molecule has 7 heteroatoms. The van der Waals surface area contributed by atoms with Gasteiger partial charge >= 0.3 is 0 Å². The molecule has 7 nitrogen and oxygen atoms in total. The molecular formula is C29H30N2O5. The Balaban J connectivity index is 1.57. The molecule has 0 bridgehead atoms. The van der Waals surface area contributed by atoms with E-state index in [4.69, 9.17) is 9.84 Å². The van der Waals surface area contributed by atoms with Crippen LogP contribution in [0.5, 0.6) is 5.75 Å². The van der Waals surface area contributed by atoms with Crippen molar-refractivity contribution in [3.05, 3.63) is 102 Å². The molecule has 0 aromatic heterocycles. The van der Waals surface area contributed by atoms with Crippen LogP contribution in [0.3, 0.4) is 0 Å². The van der Waals surface area contributed by atoms with Gasteiger partial charge in [-0.2, -0.15) is 0 Å². The van der Waals surface area contributed by atoms with Crippen molar-refractivity contribution in [3.8, 4) is 5.75 Å². The van der Waals surface area contributed by atoms with Crippen LogP contribution in [0.25, 0.3) is 0 Å². The van der Waals surface area contributed by atoms with Gasteiger partial charge in [0.2, 0.25) is 0 Å². The summed E-state index contributed by atoms with van der Waals surface area (Å²) in [5.41, 5.74) is 1.39. The van der Waals surface area contributed by atoms with E-state index in [2.05, 4.69) is 5.32 Å². The van der Waals surface area contributed by atoms with Gasteiger partial charge in [0.1, 0.15) is 5.75 Å². The summed E-state index contributed by atoms with van der Waals surface area (Å²) in [7, 11) is 1.54. The van der Waals surface area contributed by atoms with Gasteiger partial charge in [0, 0.05) is 29.3 Å². The molecule has 0 aliphatic carbocycles. The fourth-order valence-electron chi connectivity index (χ4n) is 4.39. The lowest BCUT2D eigenvalue weighted by molar-refractivity contribution is -0.139. The summed E-state index contributed by atoms with van der Waals surface area (Å²) in [4.78, 5) is 27.6. The fourth-order valence-corrected chi connectivity index (χ4v) is 4.39. The van der Waals surface area contributed by atoms with Crippen LogP contribution in [-0.2, 0) is 16.9 Å². The lowest BCUT2D eigenvalue weighted by Gasteiger charge is -2.27. The number of carbonyl (C=O) groups is 2. The Morgan fingerprint density at radius 1 is 1.11 bits per heavy atom. The molecule has 0 saturated heterocycles. The Morgan fingerprint density at radius 2 is 1.83 bits per heavy atom. The highest BCUT2D eigenvalue weighted by Gasteiger charge is 2.52. The highest BCUT2D eigenvalue weighted by Crippen LogP contribution is 2.47. The number of methoxy groups -OCH3 is 1. The molecule has 4 rings (SSSR count). The minimum atomic E-state index is -1.76. The predicted molar refractivity (Wildman–Crippen MR) is 139 cm³/mol. The standard InChI is InChI=1S/C29H30N2O5/c1-20(8-6-7-17-32)29(35)25-18-24(36-2)15-16-26(25)31(28(29)34)19-21-11-13-23(14-12-21)30-27(33)22-9-4-3-5-10-22/h3-6,8-16,18,20,32,35H,7,17,19H2,1-2H3,(H,30,33)/b8-6+/t20-,29+/m1/s1. The minimum absolute atomic E-state index is 0.00602. The maximum absolute atomic E-state index is 13.6. The van der Waals surface area contributed by atoms with Crippen LogP contribution in [0, 0.1) is 5.92 Å². The molecule has 0 radical (unpaired) electrons. The van der Waals surface area contributed by atoms with E-state index in [9.17, 15) is 14.7 Å². The highest BCUT2D eigenvalue weighted by atomic mass is 16.5. The second-order valence-corrected chi connectivity index (χ2v) is 8.79. The first kappa shape index (κ1) is 25.2. The van der Waals surface area contributed by atoms with E-state index in [1.807, 2.05) is 30.3 Å². The van der Waals surface area contributed by atoms with Crippen molar-refractivity contribution < 1.29 is 24.5 Å². The number of fused-ring (bicyclic) bond motifs is 1. The third-order valence-electron chi connectivity index (χ3n) is 6.44. The Labute approximate surface area is 210 Å². The lowest BCUT2D eigenvalue weighted by atomic mass is 9.83. The summed E-state index contributed by atoms with van der Waals surface area (Å²) < 4.78 is 5.35. The molecule has 1 heterocycles. The Hall–Kier alpha value is -3.94. The molecule has 3 N–H and O–H groups in total. The minimum Gasteiger partial charge on any atom is -0.497 e. The van der Waals surface area contributed by atoms with E-state index < -0.39 is 17.4 Å². The number of anilines is 2. The number of benzene rings is 3. The van der Waals surface area contributed by atoms with Crippen molar-refractivity contribution in [1.29, 1.82) is 0 Å². The molecule has 2 atom stereocenters. The zero-order chi connectivity index (χ0) is 25.7. The average molecular weight is 487 g/mol. The molecule has 1 aliphatic heterocycles. The smallest absolute Gasteiger partial charge is 0.264 e. The fraction of sp³-hybridized carbons (Fsp3) is 0.241. The van der Waals surface area contributed by atoms with Gasteiger partial charge in [0.25, 0.3) is 11.8 Å². The van der Waals surface area contributed by atoms with Crippen molar-refractivity contribution in [2.75, 3.05) is 23.9 Å². The zero-order valence-corrected chi connectivity index (χ0v) is 20.3. The number of hydrogen-bond acceptors (Lipinski definition) is 5. The van der Waals surface area contributed by atoms with Gasteiger partial charge in [-0.15, -0.1) is 0 Å². The predicted octanol–water partition coefficient (Wildman–Crippen LogP) is 4.26. The summed E-state index contributed by atoms with van der Waals surface area (Å²) in [6.45, 7) is 2.02. The number of carbonyl (C=O) groups excluding carboxylic acids is 2. The van der Waals surface area contributed by atoms with Gasteiger partial charge in [-0.05, 0) is 54.4 Å². The maximum Gasteiger partial charge on any atom is 0.264 e. The van der Waals surface area contributed by atoms with Crippen molar-refractivity contribution in [3.63, 3.8) is 0 Å². The van der Waals surface area contributed by atoms with Gasteiger partial charge in [0.05, 0.1) is 19.3 Å². The highest BCUT2D eigenvalue weighted by molar-refractivity contribution is 6.07. The molecular weight excluding hydrogens is 456 g/mol. The van der Waals surface area contributed by atoms with Crippen LogP contribution in [-0.4, -0.2) is 35.7 Å². The summed E-state index contributed by atoms with van der Waals surface area (Å²) in [6.07, 6.45) is 3.96. The SMILES string of the molecule is COc1ccc2c(c1)[C@@](O)([C@H](C)/C=C/CCO)C(=O)N2Cc1ccc(NC(=O)c2ccccc2)cc1. The van der Waals surface area contributed by atoms with Crippen LogP contribution in [0.2, 0.25) is 0 Å². The molecule has 3 aromatic rings. The summed E-state index contributed by atoms with van der Waals surface area (Å²) >= 11 is 0. The molecule has 3 aromatic carbocycles. The molecule has 0 unspecified atom stereocenters. The number of aliphatic hydroxyl groups excluding tert-OH is 1. The number of nitrogens with zero attached hydrogens (tertiary/aromatic N) is 1. The van der Waals surface area contributed by atoms with Crippen LogP contribution in [0.4, 0.5) is 11.4 Å². The number of rotatable bonds is 9. The van der Waals surface area contributed by atoms with Crippen molar-refractivity contribution in [2.24, 2.45) is 5.92 Å². The Kier molecular flexibility index (Phi) is 7.52. The molecule has 0 fully saturated rings. The molecule has 36 heavy (non-hydrogen) atoms. The molecule has 0 spiro atoms. The van der Waals surface area contributed by atoms with Crippen molar-refractivity contribution >= 4 is 23.2 Å². The maximum atomic E-state index is 13.6. The average Bonchev–Trinajstić information content (AvgIpc) is 3.12. The Morgan fingerprint density at radius 3 is 2.50 bits per heavy atom. The van der Waals surface area contributed by atoms with Gasteiger partial charge < -0.3 is 25.2 Å². The number of aliphatic hydroxyl groups is 2. The summed E-state index contributed by atoms with van der Waals surface area (Å²) in [6, 6.07) is 21.5. The van der Waals surface area contributed by atoms with Crippen molar-refractivity contribution in [1.82, 2.24) is 0 Å². The summed E-state index contributed by atoms with van der Waals surface area (Å²) in [5, 5.41) is 23.7. The number of nitrogens with one attached hydrogen (secondary N) is 1.